The van der Waals surface area contributed by atoms with Crippen molar-refractivity contribution in [3.8, 4) is 0 Å². The molecule has 4 nitrogen and oxygen atoms in total. The predicted molar refractivity (Wildman–Crippen MR) is 78.8 cm³/mol. The predicted octanol–water partition coefficient (Wildman–Crippen LogP) is 2.48. The molecule has 0 aromatic rings. The van der Waals surface area contributed by atoms with Crippen molar-refractivity contribution < 1.29 is 9.47 Å². The summed E-state index contributed by atoms with van der Waals surface area (Å²) in [5.74, 6) is 7.11. The third kappa shape index (κ3) is 4.42. The van der Waals surface area contributed by atoms with E-state index in [2.05, 4.69) is 26.2 Å². The van der Waals surface area contributed by atoms with Gasteiger partial charge in [-0.15, -0.1) is 0 Å². The van der Waals surface area contributed by atoms with E-state index in [0.29, 0.717) is 5.92 Å². The van der Waals surface area contributed by atoms with Crippen molar-refractivity contribution in [2.24, 2.45) is 17.7 Å². The maximum Gasteiger partial charge on any atom is 0.0850 e. The second kappa shape index (κ2) is 8.20. The zero-order valence-corrected chi connectivity index (χ0v) is 13.1. The molecule has 0 heterocycles. The highest BCUT2D eigenvalue weighted by molar-refractivity contribution is 4.98. The number of hydrazine groups is 1. The van der Waals surface area contributed by atoms with Crippen LogP contribution in [-0.4, -0.2) is 32.0 Å². The lowest BCUT2D eigenvalue weighted by atomic mass is 9.71. The number of hydrogen-bond acceptors (Lipinski definition) is 4. The van der Waals surface area contributed by atoms with Crippen molar-refractivity contribution in [3.63, 3.8) is 0 Å². The molecule has 19 heavy (non-hydrogen) atoms. The first-order valence-corrected chi connectivity index (χ1v) is 7.68. The fraction of sp³-hybridized carbons (Fsp3) is 1.00. The molecular formula is C15H32N2O2. The Bertz CT molecular complexity index is 240. The summed E-state index contributed by atoms with van der Waals surface area (Å²) in [6.07, 6.45) is 5.68. The number of nitrogens with one attached hydrogen (secondary N) is 1. The van der Waals surface area contributed by atoms with E-state index in [9.17, 15) is 0 Å². The van der Waals surface area contributed by atoms with Crippen molar-refractivity contribution >= 4 is 0 Å². The molecule has 3 N–H and O–H groups in total. The Morgan fingerprint density at radius 1 is 1.37 bits per heavy atom. The van der Waals surface area contributed by atoms with E-state index in [1.54, 1.807) is 7.11 Å². The molecule has 4 heteroatoms. The van der Waals surface area contributed by atoms with Gasteiger partial charge in [-0.05, 0) is 50.9 Å². The summed E-state index contributed by atoms with van der Waals surface area (Å²) < 4.78 is 11.4. The highest BCUT2D eigenvalue weighted by Gasteiger charge is 2.43. The van der Waals surface area contributed by atoms with E-state index in [0.717, 1.165) is 38.4 Å². The second-order valence-corrected chi connectivity index (χ2v) is 6.08. The molecule has 0 saturated heterocycles. The molecular weight excluding hydrogens is 240 g/mol. The van der Waals surface area contributed by atoms with Crippen molar-refractivity contribution in [1.29, 1.82) is 0 Å². The van der Waals surface area contributed by atoms with Crippen LogP contribution in [0.15, 0.2) is 0 Å². The summed E-state index contributed by atoms with van der Waals surface area (Å²) in [5, 5.41) is 0. The van der Waals surface area contributed by atoms with Crippen LogP contribution in [0.5, 0.6) is 0 Å². The van der Waals surface area contributed by atoms with Crippen LogP contribution in [-0.2, 0) is 9.47 Å². The summed E-state index contributed by atoms with van der Waals surface area (Å²) in [7, 11) is 1.75. The Hall–Kier alpha value is -0.160. The second-order valence-electron chi connectivity index (χ2n) is 6.08. The van der Waals surface area contributed by atoms with Gasteiger partial charge in [0.2, 0.25) is 0 Å². The molecule has 0 aliphatic heterocycles. The van der Waals surface area contributed by atoms with Crippen LogP contribution >= 0.6 is 0 Å². The van der Waals surface area contributed by atoms with Crippen LogP contribution in [0.3, 0.4) is 0 Å². The largest absolute Gasteiger partial charge is 0.385 e. The summed E-state index contributed by atoms with van der Waals surface area (Å²) in [6.45, 7) is 8.17. The molecule has 2 unspecified atom stereocenters. The topological polar surface area (TPSA) is 56.5 Å². The molecule has 0 bridgehead atoms. The number of rotatable bonds is 8. The Labute approximate surface area is 118 Å². The molecule has 1 rings (SSSR count). The highest BCUT2D eigenvalue weighted by atomic mass is 16.5. The lowest BCUT2D eigenvalue weighted by molar-refractivity contribution is -0.108. The average Bonchev–Trinajstić information content (AvgIpc) is 2.41. The minimum Gasteiger partial charge on any atom is -0.385 e. The van der Waals surface area contributed by atoms with Crippen LogP contribution < -0.4 is 11.3 Å². The number of methoxy groups -OCH3 is 1. The molecule has 2 atom stereocenters. The summed E-state index contributed by atoms with van der Waals surface area (Å²) >= 11 is 0. The SMILES string of the molecule is CCOC1(C(NN)C(C)CCOC)CCC(C)CC1. The highest BCUT2D eigenvalue weighted by Crippen LogP contribution is 2.39. The lowest BCUT2D eigenvalue weighted by Crippen LogP contribution is -2.59. The van der Waals surface area contributed by atoms with Crippen LogP contribution in [0.4, 0.5) is 0 Å². The van der Waals surface area contributed by atoms with E-state index in [1.807, 2.05) is 0 Å². The maximum atomic E-state index is 6.19. The van der Waals surface area contributed by atoms with E-state index >= 15 is 0 Å². The van der Waals surface area contributed by atoms with Gasteiger partial charge in [0, 0.05) is 20.3 Å². The van der Waals surface area contributed by atoms with Gasteiger partial charge in [0.25, 0.3) is 0 Å². The first-order chi connectivity index (χ1) is 9.09. The van der Waals surface area contributed by atoms with E-state index in [4.69, 9.17) is 15.3 Å². The fourth-order valence-electron chi connectivity index (χ4n) is 3.39. The first-order valence-electron chi connectivity index (χ1n) is 7.68. The summed E-state index contributed by atoms with van der Waals surface area (Å²) in [4.78, 5) is 0. The van der Waals surface area contributed by atoms with Crippen LogP contribution in [0.25, 0.3) is 0 Å². The fourth-order valence-corrected chi connectivity index (χ4v) is 3.39. The molecule has 0 spiro atoms. The zero-order valence-electron chi connectivity index (χ0n) is 13.1. The van der Waals surface area contributed by atoms with Gasteiger partial charge in [-0.3, -0.25) is 11.3 Å². The van der Waals surface area contributed by atoms with E-state index in [1.165, 1.54) is 12.8 Å². The molecule has 114 valence electrons. The van der Waals surface area contributed by atoms with Gasteiger partial charge in [0.15, 0.2) is 0 Å². The van der Waals surface area contributed by atoms with Crippen LogP contribution in [0, 0.1) is 11.8 Å². The number of ether oxygens (including phenoxy) is 2. The van der Waals surface area contributed by atoms with E-state index in [-0.39, 0.29) is 11.6 Å². The minimum atomic E-state index is -0.0941. The van der Waals surface area contributed by atoms with Crippen molar-refractivity contribution in [1.82, 2.24) is 5.43 Å². The Morgan fingerprint density at radius 2 is 2.00 bits per heavy atom. The minimum absolute atomic E-state index is 0.0941. The Balaban J connectivity index is 2.75. The van der Waals surface area contributed by atoms with Crippen LogP contribution in [0.2, 0.25) is 0 Å². The van der Waals surface area contributed by atoms with Gasteiger partial charge >= 0.3 is 0 Å². The quantitative estimate of drug-likeness (QED) is 0.526. The van der Waals surface area contributed by atoms with Gasteiger partial charge in [0.1, 0.15) is 0 Å². The van der Waals surface area contributed by atoms with Gasteiger partial charge < -0.3 is 9.47 Å². The molecule has 0 radical (unpaired) electrons. The first kappa shape index (κ1) is 16.9. The van der Waals surface area contributed by atoms with Gasteiger partial charge in [-0.2, -0.15) is 0 Å². The van der Waals surface area contributed by atoms with Gasteiger partial charge in [-0.25, -0.2) is 0 Å². The Morgan fingerprint density at radius 3 is 2.47 bits per heavy atom. The molecule has 1 aliphatic rings. The zero-order chi connectivity index (χ0) is 14.3. The molecule has 0 amide bonds. The standard InChI is InChI=1S/C15H32N2O2/c1-5-19-15(9-6-12(2)7-10-15)14(17-16)13(3)8-11-18-4/h12-14,17H,5-11,16H2,1-4H3. The van der Waals surface area contributed by atoms with Gasteiger partial charge in [-0.1, -0.05) is 13.8 Å². The summed E-state index contributed by atoms with van der Waals surface area (Å²) in [5.41, 5.74) is 2.95. The molecule has 1 aliphatic carbocycles. The van der Waals surface area contributed by atoms with Crippen LogP contribution in [0.1, 0.15) is 52.9 Å². The van der Waals surface area contributed by atoms with Crippen molar-refractivity contribution in [3.05, 3.63) is 0 Å². The third-order valence-electron chi connectivity index (χ3n) is 4.65. The van der Waals surface area contributed by atoms with E-state index < -0.39 is 0 Å². The lowest BCUT2D eigenvalue weighted by Gasteiger charge is -2.46. The maximum absolute atomic E-state index is 6.19. The van der Waals surface area contributed by atoms with Gasteiger partial charge in [0.05, 0.1) is 11.6 Å². The number of nitrogens with two attached hydrogens (primary N) is 1. The summed E-state index contributed by atoms with van der Waals surface area (Å²) in [6, 6.07) is 0.204. The molecule has 1 saturated carbocycles. The van der Waals surface area contributed by atoms with Crippen molar-refractivity contribution in [2.45, 2.75) is 64.5 Å². The average molecular weight is 272 g/mol. The normalized spacial score (nSPS) is 31.1. The monoisotopic (exact) mass is 272 g/mol. The molecule has 0 aromatic heterocycles. The molecule has 0 aromatic carbocycles. The third-order valence-corrected chi connectivity index (χ3v) is 4.65. The Kier molecular flexibility index (Phi) is 7.29. The van der Waals surface area contributed by atoms with Crippen molar-refractivity contribution in [2.75, 3.05) is 20.3 Å². The smallest absolute Gasteiger partial charge is 0.0850 e. The number of hydrogen-bond donors (Lipinski definition) is 2. The molecule has 1 fully saturated rings.